The van der Waals surface area contributed by atoms with Crippen molar-refractivity contribution in [2.75, 3.05) is 12.3 Å². The number of benzene rings is 2. The van der Waals surface area contributed by atoms with Crippen LogP contribution in [-0.2, 0) is 21.9 Å². The molecule has 1 N–H and O–H groups in total. The summed E-state index contributed by atoms with van der Waals surface area (Å²) in [5, 5.41) is 4.03. The Kier molecular flexibility index (Phi) is 10.0. The van der Waals surface area contributed by atoms with Crippen LogP contribution in [0.4, 0.5) is 0 Å². The van der Waals surface area contributed by atoms with E-state index < -0.39 is 6.04 Å². The molecule has 2 aromatic rings. The zero-order chi connectivity index (χ0) is 22.1. The van der Waals surface area contributed by atoms with Crippen LogP contribution >= 0.6 is 35.0 Å². The molecular weight excluding hydrogens is 439 g/mol. The SMILES string of the molecule is CCNC(=O)[C@@H](CC)N(Cc1ccccc1C)C(=O)CSCc1ccc(Cl)cc1Cl. The monoisotopic (exact) mass is 466 g/mol. The lowest BCUT2D eigenvalue weighted by atomic mass is 10.1. The van der Waals surface area contributed by atoms with E-state index in [0.29, 0.717) is 35.3 Å². The van der Waals surface area contributed by atoms with Gasteiger partial charge in [0.1, 0.15) is 6.04 Å². The van der Waals surface area contributed by atoms with Crippen LogP contribution in [0.5, 0.6) is 0 Å². The molecule has 0 fully saturated rings. The minimum Gasteiger partial charge on any atom is -0.355 e. The van der Waals surface area contributed by atoms with Crippen molar-refractivity contribution in [3.8, 4) is 0 Å². The van der Waals surface area contributed by atoms with E-state index >= 15 is 0 Å². The summed E-state index contributed by atoms with van der Waals surface area (Å²) < 4.78 is 0. The van der Waals surface area contributed by atoms with Gasteiger partial charge in [-0.2, -0.15) is 0 Å². The van der Waals surface area contributed by atoms with E-state index in [0.717, 1.165) is 16.7 Å². The number of halogens is 2. The van der Waals surface area contributed by atoms with E-state index in [-0.39, 0.29) is 17.6 Å². The molecule has 2 aromatic carbocycles. The van der Waals surface area contributed by atoms with E-state index in [2.05, 4.69) is 5.32 Å². The number of aryl methyl sites for hydroxylation is 1. The first kappa shape index (κ1) is 24.6. The largest absolute Gasteiger partial charge is 0.355 e. The highest BCUT2D eigenvalue weighted by molar-refractivity contribution is 7.99. The lowest BCUT2D eigenvalue weighted by molar-refractivity contribution is -0.139. The van der Waals surface area contributed by atoms with Gasteiger partial charge in [0.15, 0.2) is 0 Å². The van der Waals surface area contributed by atoms with Crippen molar-refractivity contribution in [2.24, 2.45) is 0 Å². The molecule has 7 heteroatoms. The van der Waals surface area contributed by atoms with Gasteiger partial charge < -0.3 is 10.2 Å². The molecule has 0 spiro atoms. The summed E-state index contributed by atoms with van der Waals surface area (Å²) in [6, 6.07) is 12.8. The van der Waals surface area contributed by atoms with Gasteiger partial charge in [-0.05, 0) is 49.1 Å². The molecule has 1 atom stereocenters. The maximum Gasteiger partial charge on any atom is 0.242 e. The number of carbonyl (C=O) groups excluding carboxylic acids is 2. The molecule has 0 bridgehead atoms. The average Bonchev–Trinajstić information content (AvgIpc) is 2.71. The zero-order valence-corrected chi connectivity index (χ0v) is 19.9. The number of thioether (sulfide) groups is 1. The van der Waals surface area contributed by atoms with Crippen molar-refractivity contribution < 1.29 is 9.59 Å². The summed E-state index contributed by atoms with van der Waals surface area (Å²) in [5.74, 6) is 0.678. The van der Waals surface area contributed by atoms with Crippen molar-refractivity contribution in [3.63, 3.8) is 0 Å². The van der Waals surface area contributed by atoms with Crippen LogP contribution in [0.3, 0.4) is 0 Å². The van der Waals surface area contributed by atoms with Gasteiger partial charge in [0.25, 0.3) is 0 Å². The summed E-state index contributed by atoms with van der Waals surface area (Å²) in [6.07, 6.45) is 0.553. The number of nitrogens with zero attached hydrogens (tertiary/aromatic N) is 1. The molecule has 0 aliphatic rings. The van der Waals surface area contributed by atoms with Gasteiger partial charge in [-0.25, -0.2) is 0 Å². The first-order chi connectivity index (χ1) is 14.4. The minimum absolute atomic E-state index is 0.0635. The van der Waals surface area contributed by atoms with Gasteiger partial charge in [0.2, 0.25) is 11.8 Å². The third-order valence-electron chi connectivity index (χ3n) is 4.84. The van der Waals surface area contributed by atoms with Gasteiger partial charge >= 0.3 is 0 Å². The van der Waals surface area contributed by atoms with Crippen LogP contribution in [0.2, 0.25) is 10.0 Å². The molecule has 0 aliphatic carbocycles. The standard InChI is InChI=1S/C23H28Cl2N2O2S/c1-4-21(23(29)26-5-2)27(13-17-9-7-6-8-16(17)3)22(28)15-30-14-18-10-11-19(24)12-20(18)25/h6-12,21H,4-5,13-15H2,1-3H3,(H,26,29)/t21-/m1/s1. The van der Waals surface area contributed by atoms with E-state index in [1.165, 1.54) is 11.8 Å². The van der Waals surface area contributed by atoms with E-state index in [1.807, 2.05) is 51.1 Å². The summed E-state index contributed by atoms with van der Waals surface area (Å²) in [4.78, 5) is 27.5. The zero-order valence-electron chi connectivity index (χ0n) is 17.6. The second-order valence-electron chi connectivity index (χ2n) is 7.00. The Hall–Kier alpha value is -1.69. The van der Waals surface area contributed by atoms with Crippen LogP contribution in [0.25, 0.3) is 0 Å². The number of hydrogen-bond donors (Lipinski definition) is 1. The Morgan fingerprint density at radius 1 is 1.10 bits per heavy atom. The molecule has 0 unspecified atom stereocenters. The number of likely N-dealkylation sites (N-methyl/N-ethyl adjacent to an activating group) is 1. The highest BCUT2D eigenvalue weighted by Crippen LogP contribution is 2.25. The Morgan fingerprint density at radius 2 is 1.83 bits per heavy atom. The fraction of sp³-hybridized carbons (Fsp3) is 0.391. The third-order valence-corrected chi connectivity index (χ3v) is 6.39. The molecule has 0 saturated carbocycles. The Bertz CT molecular complexity index is 876. The quantitative estimate of drug-likeness (QED) is 0.504. The molecule has 0 heterocycles. The molecule has 0 aliphatic heterocycles. The maximum atomic E-state index is 13.2. The van der Waals surface area contributed by atoms with Crippen LogP contribution in [0, 0.1) is 6.92 Å². The third kappa shape index (κ3) is 6.93. The first-order valence-electron chi connectivity index (χ1n) is 10.0. The molecule has 0 aromatic heterocycles. The van der Waals surface area contributed by atoms with Crippen molar-refractivity contribution in [3.05, 3.63) is 69.2 Å². The molecule has 2 rings (SSSR count). The minimum atomic E-state index is -0.503. The lowest BCUT2D eigenvalue weighted by Gasteiger charge is -2.31. The molecule has 2 amide bonds. The van der Waals surface area contributed by atoms with Gasteiger partial charge in [-0.3, -0.25) is 9.59 Å². The number of rotatable bonds is 10. The Morgan fingerprint density at radius 3 is 2.47 bits per heavy atom. The van der Waals surface area contributed by atoms with Gasteiger partial charge in [0, 0.05) is 28.9 Å². The fourth-order valence-electron chi connectivity index (χ4n) is 3.15. The van der Waals surface area contributed by atoms with E-state index in [1.54, 1.807) is 17.0 Å². The molecule has 0 saturated heterocycles. The second-order valence-corrected chi connectivity index (χ2v) is 8.82. The van der Waals surface area contributed by atoms with Crippen LogP contribution < -0.4 is 5.32 Å². The predicted octanol–water partition coefficient (Wildman–Crippen LogP) is 5.48. The topological polar surface area (TPSA) is 49.4 Å². The number of nitrogens with one attached hydrogen (secondary N) is 1. The van der Waals surface area contributed by atoms with Gasteiger partial charge in [0.05, 0.1) is 5.75 Å². The number of amides is 2. The van der Waals surface area contributed by atoms with Crippen molar-refractivity contribution in [1.82, 2.24) is 10.2 Å². The van der Waals surface area contributed by atoms with Crippen molar-refractivity contribution >= 4 is 46.8 Å². The predicted molar refractivity (Wildman–Crippen MR) is 127 cm³/mol. The number of hydrogen-bond acceptors (Lipinski definition) is 3. The normalized spacial score (nSPS) is 11.8. The van der Waals surface area contributed by atoms with Gasteiger partial charge in [-0.15, -0.1) is 11.8 Å². The maximum absolute atomic E-state index is 13.2. The van der Waals surface area contributed by atoms with Crippen LogP contribution in [-0.4, -0.2) is 35.1 Å². The summed E-state index contributed by atoms with van der Waals surface area (Å²) in [6.45, 7) is 6.76. The fourth-order valence-corrected chi connectivity index (χ4v) is 4.62. The molecule has 162 valence electrons. The first-order valence-corrected chi connectivity index (χ1v) is 11.9. The lowest BCUT2D eigenvalue weighted by Crippen LogP contribution is -2.49. The highest BCUT2D eigenvalue weighted by atomic mass is 35.5. The second kappa shape index (κ2) is 12.2. The van der Waals surface area contributed by atoms with Crippen LogP contribution in [0.15, 0.2) is 42.5 Å². The molecule has 0 radical (unpaired) electrons. The van der Waals surface area contributed by atoms with Crippen LogP contribution in [0.1, 0.15) is 37.0 Å². The molecule has 4 nitrogen and oxygen atoms in total. The van der Waals surface area contributed by atoms with Crippen molar-refractivity contribution in [2.45, 2.75) is 45.5 Å². The Balaban J connectivity index is 2.14. The average molecular weight is 467 g/mol. The summed E-state index contributed by atoms with van der Waals surface area (Å²) in [7, 11) is 0. The highest BCUT2D eigenvalue weighted by Gasteiger charge is 2.28. The van der Waals surface area contributed by atoms with Crippen molar-refractivity contribution in [1.29, 1.82) is 0 Å². The molecule has 30 heavy (non-hydrogen) atoms. The Labute approximate surface area is 193 Å². The van der Waals surface area contributed by atoms with Gasteiger partial charge in [-0.1, -0.05) is 60.5 Å². The summed E-state index contributed by atoms with van der Waals surface area (Å²) in [5.41, 5.74) is 3.07. The van der Waals surface area contributed by atoms with E-state index in [9.17, 15) is 9.59 Å². The summed E-state index contributed by atoms with van der Waals surface area (Å²) >= 11 is 13.7. The number of carbonyl (C=O) groups is 2. The molecular formula is C23H28Cl2N2O2S. The smallest absolute Gasteiger partial charge is 0.242 e. The van der Waals surface area contributed by atoms with E-state index in [4.69, 9.17) is 23.2 Å².